The molecule has 1 N–H and O–H groups in total. The second-order valence-corrected chi connectivity index (χ2v) is 3.78. The van der Waals surface area contributed by atoms with Crippen LogP contribution in [0.4, 0.5) is 0 Å². The van der Waals surface area contributed by atoms with Gasteiger partial charge in [0, 0.05) is 0 Å². The molecule has 0 atom stereocenters. The number of rotatable bonds is 4. The number of carboxylic acids is 1. The van der Waals surface area contributed by atoms with E-state index in [0.29, 0.717) is 5.76 Å². The first-order valence-corrected chi connectivity index (χ1v) is 5.18. The van der Waals surface area contributed by atoms with Crippen LogP contribution in [0.2, 0.25) is 0 Å². The molecule has 1 aliphatic rings. The molecule has 0 saturated heterocycles. The monoisotopic (exact) mass is 210 g/mol. The van der Waals surface area contributed by atoms with Gasteiger partial charge in [0.25, 0.3) is 0 Å². The Morgan fingerprint density at radius 2 is 2.27 bits per heavy atom. The highest BCUT2D eigenvalue weighted by Crippen LogP contribution is 2.23. The fourth-order valence-electron chi connectivity index (χ4n) is 1.89. The number of hydrogen-bond donors (Lipinski definition) is 1. The summed E-state index contributed by atoms with van der Waals surface area (Å²) in [4.78, 5) is 10.8. The largest absolute Gasteiger partial charge is 0.478 e. The fourth-order valence-corrected chi connectivity index (χ4v) is 1.89. The van der Waals surface area contributed by atoms with Gasteiger partial charge < -0.3 is 14.3 Å². The van der Waals surface area contributed by atoms with Gasteiger partial charge in [0.15, 0.2) is 0 Å². The number of hydrogen-bond acceptors (Lipinski definition) is 3. The van der Waals surface area contributed by atoms with Crippen molar-refractivity contribution in [1.29, 1.82) is 0 Å². The maximum Gasteiger partial charge on any atom is 0.339 e. The lowest BCUT2D eigenvalue weighted by atomic mass is 10.2. The highest BCUT2D eigenvalue weighted by Gasteiger charge is 2.18. The first-order valence-electron chi connectivity index (χ1n) is 5.18. The van der Waals surface area contributed by atoms with E-state index in [1.54, 1.807) is 0 Å². The van der Waals surface area contributed by atoms with Gasteiger partial charge in [-0.2, -0.15) is 0 Å². The normalized spacial score (nSPS) is 17.1. The molecule has 82 valence electrons. The highest BCUT2D eigenvalue weighted by atomic mass is 16.5. The minimum atomic E-state index is -0.964. The van der Waals surface area contributed by atoms with Crippen molar-refractivity contribution in [3.63, 3.8) is 0 Å². The van der Waals surface area contributed by atoms with E-state index in [0.717, 1.165) is 12.8 Å². The second kappa shape index (κ2) is 4.49. The van der Waals surface area contributed by atoms with Gasteiger partial charge in [-0.1, -0.05) is 12.8 Å². The first-order chi connectivity index (χ1) is 7.27. The Hall–Kier alpha value is -1.29. The average molecular weight is 210 g/mol. The topological polar surface area (TPSA) is 59.7 Å². The van der Waals surface area contributed by atoms with Crippen LogP contribution in [-0.4, -0.2) is 17.2 Å². The molecule has 0 bridgehead atoms. The molecule has 1 aromatic rings. The van der Waals surface area contributed by atoms with Gasteiger partial charge in [-0.05, 0) is 18.9 Å². The third kappa shape index (κ3) is 2.39. The first kappa shape index (κ1) is 10.2. The summed E-state index contributed by atoms with van der Waals surface area (Å²) < 4.78 is 10.7. The van der Waals surface area contributed by atoms with Crippen LogP contribution in [0.5, 0.6) is 0 Å². The van der Waals surface area contributed by atoms with Crippen LogP contribution in [0.1, 0.15) is 41.8 Å². The van der Waals surface area contributed by atoms with Gasteiger partial charge in [0.05, 0.1) is 12.4 Å². The van der Waals surface area contributed by atoms with E-state index in [4.69, 9.17) is 14.3 Å². The summed E-state index contributed by atoms with van der Waals surface area (Å²) in [7, 11) is 0. The van der Waals surface area contributed by atoms with Crippen LogP contribution in [0.15, 0.2) is 16.7 Å². The molecule has 0 amide bonds. The molecule has 2 rings (SSSR count). The van der Waals surface area contributed by atoms with E-state index < -0.39 is 5.97 Å². The molecule has 0 spiro atoms. The Kier molecular flexibility index (Phi) is 3.06. The second-order valence-electron chi connectivity index (χ2n) is 3.78. The molecule has 1 fully saturated rings. The van der Waals surface area contributed by atoms with Gasteiger partial charge in [0.2, 0.25) is 0 Å². The lowest BCUT2D eigenvalue weighted by molar-refractivity contribution is 0.0342. The van der Waals surface area contributed by atoms with E-state index in [1.165, 1.54) is 25.2 Å². The van der Waals surface area contributed by atoms with Crippen LogP contribution >= 0.6 is 0 Å². The molecule has 4 heteroatoms. The molecule has 15 heavy (non-hydrogen) atoms. The predicted octanol–water partition coefficient (Wildman–Crippen LogP) is 2.44. The standard InChI is InChI=1S/C11H14O4/c12-11(13)9-5-6-14-10(9)7-15-8-3-1-2-4-8/h5-6,8H,1-4,7H2,(H,12,13). The molecule has 1 aliphatic carbocycles. The van der Waals surface area contributed by atoms with E-state index in [1.807, 2.05) is 0 Å². The van der Waals surface area contributed by atoms with Gasteiger partial charge >= 0.3 is 5.97 Å². The minimum absolute atomic E-state index is 0.202. The zero-order valence-electron chi connectivity index (χ0n) is 8.44. The quantitative estimate of drug-likeness (QED) is 0.829. The number of furan rings is 1. The van der Waals surface area contributed by atoms with Crippen molar-refractivity contribution in [2.45, 2.75) is 38.4 Å². The van der Waals surface area contributed by atoms with E-state index in [-0.39, 0.29) is 18.3 Å². The lowest BCUT2D eigenvalue weighted by Crippen LogP contribution is -2.08. The Labute approximate surface area is 87.8 Å². The summed E-state index contributed by atoms with van der Waals surface area (Å²) in [5.41, 5.74) is 0.202. The van der Waals surface area contributed by atoms with Crippen molar-refractivity contribution in [2.24, 2.45) is 0 Å². The maximum absolute atomic E-state index is 10.8. The van der Waals surface area contributed by atoms with Crippen molar-refractivity contribution in [3.8, 4) is 0 Å². The number of carbonyl (C=O) groups is 1. The maximum atomic E-state index is 10.8. The van der Waals surface area contributed by atoms with Crippen LogP contribution in [-0.2, 0) is 11.3 Å². The Balaban J connectivity index is 1.92. The highest BCUT2D eigenvalue weighted by molar-refractivity contribution is 5.88. The van der Waals surface area contributed by atoms with Crippen LogP contribution in [0.3, 0.4) is 0 Å². The summed E-state index contributed by atoms with van der Waals surface area (Å²) in [6.07, 6.45) is 6.21. The molecule has 0 radical (unpaired) electrons. The summed E-state index contributed by atoms with van der Waals surface area (Å²) in [6.45, 7) is 0.263. The third-order valence-corrected chi connectivity index (χ3v) is 2.73. The van der Waals surface area contributed by atoms with Gasteiger partial charge in [-0.15, -0.1) is 0 Å². The number of carboxylic acid groups (broad SMARTS) is 1. The molecular formula is C11H14O4. The summed E-state index contributed by atoms with van der Waals surface area (Å²) in [5, 5.41) is 8.83. The summed E-state index contributed by atoms with van der Waals surface area (Å²) in [5.74, 6) is -0.553. The molecule has 0 unspecified atom stereocenters. The van der Waals surface area contributed by atoms with Crippen molar-refractivity contribution < 1.29 is 19.1 Å². The van der Waals surface area contributed by atoms with Crippen molar-refractivity contribution in [2.75, 3.05) is 0 Å². The molecule has 1 saturated carbocycles. The third-order valence-electron chi connectivity index (χ3n) is 2.73. The van der Waals surface area contributed by atoms with Gasteiger partial charge in [0.1, 0.15) is 17.9 Å². The van der Waals surface area contributed by atoms with E-state index in [9.17, 15) is 4.79 Å². The molecule has 4 nitrogen and oxygen atoms in total. The SMILES string of the molecule is O=C(O)c1ccoc1COC1CCCC1. The molecule has 1 aromatic heterocycles. The zero-order chi connectivity index (χ0) is 10.7. The molecule has 0 aliphatic heterocycles. The van der Waals surface area contributed by atoms with E-state index >= 15 is 0 Å². The van der Waals surface area contributed by atoms with Crippen LogP contribution in [0, 0.1) is 0 Å². The van der Waals surface area contributed by atoms with Crippen molar-refractivity contribution in [1.82, 2.24) is 0 Å². The van der Waals surface area contributed by atoms with Crippen LogP contribution < -0.4 is 0 Å². The molecular weight excluding hydrogens is 196 g/mol. The Bertz CT molecular complexity index is 336. The van der Waals surface area contributed by atoms with Crippen molar-refractivity contribution in [3.05, 3.63) is 23.7 Å². The van der Waals surface area contributed by atoms with Gasteiger partial charge in [-0.3, -0.25) is 0 Å². The van der Waals surface area contributed by atoms with Gasteiger partial charge in [-0.25, -0.2) is 4.79 Å². The summed E-state index contributed by atoms with van der Waals surface area (Å²) >= 11 is 0. The predicted molar refractivity (Wildman–Crippen MR) is 52.7 cm³/mol. The van der Waals surface area contributed by atoms with E-state index in [2.05, 4.69) is 0 Å². The Morgan fingerprint density at radius 1 is 1.53 bits per heavy atom. The smallest absolute Gasteiger partial charge is 0.339 e. The fraction of sp³-hybridized carbons (Fsp3) is 0.545. The zero-order valence-corrected chi connectivity index (χ0v) is 8.44. The minimum Gasteiger partial charge on any atom is -0.478 e. The summed E-state index contributed by atoms with van der Waals surface area (Å²) in [6, 6.07) is 1.45. The number of ether oxygens (including phenoxy) is 1. The Morgan fingerprint density at radius 3 is 2.93 bits per heavy atom. The average Bonchev–Trinajstić information content (AvgIpc) is 2.86. The van der Waals surface area contributed by atoms with Crippen LogP contribution in [0.25, 0.3) is 0 Å². The lowest BCUT2D eigenvalue weighted by Gasteiger charge is -2.09. The van der Waals surface area contributed by atoms with Crippen molar-refractivity contribution >= 4 is 5.97 Å². The molecule has 1 heterocycles. The molecule has 0 aromatic carbocycles. The number of aromatic carboxylic acids is 1.